The molecule has 5 nitrogen and oxygen atoms in total. The summed E-state index contributed by atoms with van der Waals surface area (Å²) in [5.41, 5.74) is 0. The molecule has 112 valence electrons. The molecule has 0 aromatic heterocycles. The van der Waals surface area contributed by atoms with Crippen LogP contribution in [0.15, 0.2) is 0 Å². The lowest BCUT2D eigenvalue weighted by atomic mass is 9.98. The topological polar surface area (TPSA) is 52.7 Å². The molecule has 3 saturated heterocycles. The Morgan fingerprint density at radius 3 is 2.85 bits per heavy atom. The monoisotopic (exact) mass is 279 g/mol. The third-order valence-electron chi connectivity index (χ3n) is 4.89. The van der Waals surface area contributed by atoms with Crippen LogP contribution in [0, 0.1) is 0 Å². The van der Waals surface area contributed by atoms with E-state index in [9.17, 15) is 9.59 Å². The molecule has 5 heteroatoms. The molecule has 2 atom stereocenters. The third-order valence-corrected chi connectivity index (χ3v) is 4.89. The van der Waals surface area contributed by atoms with Gasteiger partial charge >= 0.3 is 0 Å². The van der Waals surface area contributed by atoms with Gasteiger partial charge in [-0.2, -0.15) is 0 Å². The SMILES string of the molecule is O=C1C2CCCCN2C(=O)CN1CCCC1CCCN1. The number of carbonyl (C=O) groups is 2. The number of nitrogens with one attached hydrogen (secondary N) is 1. The van der Waals surface area contributed by atoms with Crippen molar-refractivity contribution in [3.8, 4) is 0 Å². The zero-order chi connectivity index (χ0) is 13.9. The highest BCUT2D eigenvalue weighted by Gasteiger charge is 2.39. The Hall–Kier alpha value is -1.10. The molecule has 0 aromatic carbocycles. The van der Waals surface area contributed by atoms with Gasteiger partial charge in [0.25, 0.3) is 0 Å². The Morgan fingerprint density at radius 1 is 1.15 bits per heavy atom. The van der Waals surface area contributed by atoms with Gasteiger partial charge in [0.05, 0.1) is 6.54 Å². The lowest BCUT2D eigenvalue weighted by molar-refractivity contribution is -0.157. The maximum Gasteiger partial charge on any atom is 0.245 e. The summed E-state index contributed by atoms with van der Waals surface area (Å²) in [4.78, 5) is 28.2. The second-order valence-electron chi connectivity index (χ2n) is 6.29. The summed E-state index contributed by atoms with van der Waals surface area (Å²) in [6.07, 6.45) is 7.61. The highest BCUT2D eigenvalue weighted by atomic mass is 16.2. The van der Waals surface area contributed by atoms with Crippen molar-refractivity contribution in [3.05, 3.63) is 0 Å². The molecular weight excluding hydrogens is 254 g/mol. The molecular formula is C15H25N3O2. The number of hydrogen-bond acceptors (Lipinski definition) is 3. The van der Waals surface area contributed by atoms with Gasteiger partial charge in [-0.3, -0.25) is 9.59 Å². The minimum atomic E-state index is -0.158. The molecule has 0 aromatic rings. The fourth-order valence-corrected chi connectivity index (χ4v) is 3.75. The predicted octanol–water partition coefficient (Wildman–Crippen LogP) is 0.742. The molecule has 2 unspecified atom stereocenters. The maximum atomic E-state index is 12.4. The second-order valence-corrected chi connectivity index (χ2v) is 6.29. The van der Waals surface area contributed by atoms with Gasteiger partial charge < -0.3 is 15.1 Å². The summed E-state index contributed by atoms with van der Waals surface area (Å²) < 4.78 is 0. The van der Waals surface area contributed by atoms with Crippen molar-refractivity contribution in [2.45, 2.75) is 57.0 Å². The molecule has 3 aliphatic rings. The van der Waals surface area contributed by atoms with Crippen LogP contribution < -0.4 is 5.32 Å². The van der Waals surface area contributed by atoms with Crippen molar-refractivity contribution in [1.82, 2.24) is 15.1 Å². The van der Waals surface area contributed by atoms with Gasteiger partial charge in [-0.1, -0.05) is 0 Å². The summed E-state index contributed by atoms with van der Waals surface area (Å²) in [6, 6.07) is 0.464. The van der Waals surface area contributed by atoms with Crippen molar-refractivity contribution >= 4 is 11.8 Å². The minimum Gasteiger partial charge on any atom is -0.332 e. The van der Waals surface area contributed by atoms with E-state index in [1.165, 1.54) is 12.8 Å². The van der Waals surface area contributed by atoms with E-state index < -0.39 is 0 Å². The zero-order valence-corrected chi connectivity index (χ0v) is 12.1. The van der Waals surface area contributed by atoms with E-state index in [1.807, 2.05) is 0 Å². The minimum absolute atomic E-state index is 0.147. The molecule has 3 rings (SSSR count). The van der Waals surface area contributed by atoms with E-state index in [-0.39, 0.29) is 17.9 Å². The smallest absolute Gasteiger partial charge is 0.245 e. The number of piperidine rings is 1. The van der Waals surface area contributed by atoms with E-state index in [2.05, 4.69) is 5.32 Å². The normalized spacial score (nSPS) is 30.8. The number of piperazine rings is 1. The fraction of sp³-hybridized carbons (Fsp3) is 0.867. The number of rotatable bonds is 4. The standard InChI is InChI=1S/C15H25N3O2/c19-14-11-17(9-4-6-12-5-3-8-16-12)15(20)13-7-1-2-10-18(13)14/h12-13,16H,1-11H2. The summed E-state index contributed by atoms with van der Waals surface area (Å²) in [6.45, 7) is 2.94. The van der Waals surface area contributed by atoms with Gasteiger partial charge in [-0.05, 0) is 51.5 Å². The van der Waals surface area contributed by atoms with Crippen LogP contribution in [0.25, 0.3) is 0 Å². The van der Waals surface area contributed by atoms with Gasteiger partial charge in [0.15, 0.2) is 0 Å². The molecule has 0 saturated carbocycles. The average molecular weight is 279 g/mol. The number of hydrogen-bond donors (Lipinski definition) is 1. The Labute approximate surface area is 120 Å². The summed E-state index contributed by atoms with van der Waals surface area (Å²) in [7, 11) is 0. The highest BCUT2D eigenvalue weighted by molar-refractivity contribution is 5.95. The molecule has 2 amide bonds. The average Bonchev–Trinajstić information content (AvgIpc) is 2.97. The van der Waals surface area contributed by atoms with Crippen molar-refractivity contribution in [2.75, 3.05) is 26.2 Å². The number of fused-ring (bicyclic) bond motifs is 1. The highest BCUT2D eigenvalue weighted by Crippen LogP contribution is 2.23. The number of carbonyl (C=O) groups excluding carboxylic acids is 2. The Balaban J connectivity index is 1.51. The van der Waals surface area contributed by atoms with Gasteiger partial charge in [0.1, 0.15) is 6.04 Å². The van der Waals surface area contributed by atoms with Crippen LogP contribution >= 0.6 is 0 Å². The van der Waals surface area contributed by atoms with E-state index in [0.29, 0.717) is 12.6 Å². The van der Waals surface area contributed by atoms with E-state index in [0.717, 1.165) is 51.7 Å². The Morgan fingerprint density at radius 2 is 2.05 bits per heavy atom. The van der Waals surface area contributed by atoms with E-state index in [4.69, 9.17) is 0 Å². The van der Waals surface area contributed by atoms with Gasteiger partial charge in [0, 0.05) is 19.1 Å². The lowest BCUT2D eigenvalue weighted by Crippen LogP contribution is -2.61. The molecule has 0 spiro atoms. The van der Waals surface area contributed by atoms with Crippen LogP contribution in [0.3, 0.4) is 0 Å². The van der Waals surface area contributed by atoms with Crippen molar-refractivity contribution < 1.29 is 9.59 Å². The van der Waals surface area contributed by atoms with Crippen LogP contribution in [0.5, 0.6) is 0 Å². The molecule has 0 aliphatic carbocycles. The first-order valence-corrected chi connectivity index (χ1v) is 8.07. The van der Waals surface area contributed by atoms with Crippen LogP contribution in [-0.4, -0.2) is 59.9 Å². The zero-order valence-electron chi connectivity index (χ0n) is 12.1. The first-order chi connectivity index (χ1) is 9.75. The predicted molar refractivity (Wildman–Crippen MR) is 76.2 cm³/mol. The van der Waals surface area contributed by atoms with Crippen LogP contribution in [0.1, 0.15) is 44.9 Å². The first kappa shape index (κ1) is 13.9. The fourth-order valence-electron chi connectivity index (χ4n) is 3.75. The Kier molecular flexibility index (Phi) is 4.24. The van der Waals surface area contributed by atoms with Crippen LogP contribution in [-0.2, 0) is 9.59 Å². The number of amides is 2. The largest absolute Gasteiger partial charge is 0.332 e. The molecule has 1 N–H and O–H groups in total. The maximum absolute atomic E-state index is 12.4. The van der Waals surface area contributed by atoms with Gasteiger partial charge in [-0.25, -0.2) is 0 Å². The van der Waals surface area contributed by atoms with Crippen molar-refractivity contribution in [2.24, 2.45) is 0 Å². The second kappa shape index (κ2) is 6.12. The third kappa shape index (κ3) is 2.82. The molecule has 3 aliphatic heterocycles. The quantitative estimate of drug-likeness (QED) is 0.826. The van der Waals surface area contributed by atoms with E-state index >= 15 is 0 Å². The summed E-state index contributed by atoms with van der Waals surface area (Å²) in [5.74, 6) is 0.331. The molecule has 0 radical (unpaired) electrons. The molecule has 20 heavy (non-hydrogen) atoms. The lowest BCUT2D eigenvalue weighted by Gasteiger charge is -2.42. The van der Waals surface area contributed by atoms with Crippen LogP contribution in [0.2, 0.25) is 0 Å². The molecule has 0 bridgehead atoms. The molecule has 3 heterocycles. The van der Waals surface area contributed by atoms with Gasteiger partial charge in [-0.15, -0.1) is 0 Å². The molecule has 3 fully saturated rings. The van der Waals surface area contributed by atoms with Crippen LogP contribution in [0.4, 0.5) is 0 Å². The summed E-state index contributed by atoms with van der Waals surface area (Å²) in [5, 5.41) is 3.48. The Bertz CT molecular complexity index is 379. The van der Waals surface area contributed by atoms with Crippen molar-refractivity contribution in [1.29, 1.82) is 0 Å². The van der Waals surface area contributed by atoms with Gasteiger partial charge in [0.2, 0.25) is 11.8 Å². The number of nitrogens with zero attached hydrogens (tertiary/aromatic N) is 2. The van der Waals surface area contributed by atoms with Crippen molar-refractivity contribution in [3.63, 3.8) is 0 Å². The summed E-state index contributed by atoms with van der Waals surface area (Å²) >= 11 is 0. The van der Waals surface area contributed by atoms with E-state index in [1.54, 1.807) is 9.80 Å². The first-order valence-electron chi connectivity index (χ1n) is 8.07.